The van der Waals surface area contributed by atoms with Gasteiger partial charge in [0, 0.05) is 44.5 Å². The van der Waals surface area contributed by atoms with Crippen molar-refractivity contribution in [2.75, 3.05) is 26.2 Å². The first-order chi connectivity index (χ1) is 15.0. The predicted molar refractivity (Wildman–Crippen MR) is 123 cm³/mol. The molecule has 3 amide bonds. The number of hydrogen-bond donors (Lipinski definition) is 1. The van der Waals surface area contributed by atoms with Gasteiger partial charge in [0.25, 0.3) is 5.91 Å². The molecular weight excluding hydrogens is 406 g/mol. The van der Waals surface area contributed by atoms with Gasteiger partial charge in [-0.1, -0.05) is 52.8 Å². The number of amides is 3. The highest BCUT2D eigenvalue weighted by Gasteiger charge is 2.54. The standard InChI is InChI=1S/C25H37N3O4/c1-18(2)16-26-22(30)20-17-32-25(28(20)23(31)19-9-7-6-8-10-19)11-13-27(14-12-25)21(29)15-24(3,4)5/h6-10,18,20H,11-17H2,1-5H3,(H,26,30)/t20-/m0/s1. The van der Waals surface area contributed by atoms with E-state index >= 15 is 0 Å². The van der Waals surface area contributed by atoms with Crippen molar-refractivity contribution in [3.05, 3.63) is 35.9 Å². The number of rotatable bonds is 5. The van der Waals surface area contributed by atoms with E-state index in [-0.39, 0.29) is 29.7 Å². The van der Waals surface area contributed by atoms with Crippen molar-refractivity contribution in [3.8, 4) is 0 Å². The van der Waals surface area contributed by atoms with Gasteiger partial charge in [-0.15, -0.1) is 0 Å². The third-order valence-electron chi connectivity index (χ3n) is 6.07. The number of piperidine rings is 1. The summed E-state index contributed by atoms with van der Waals surface area (Å²) in [4.78, 5) is 42.8. The average Bonchev–Trinajstić information content (AvgIpc) is 3.10. The van der Waals surface area contributed by atoms with Crippen molar-refractivity contribution in [2.24, 2.45) is 11.3 Å². The van der Waals surface area contributed by atoms with E-state index in [0.717, 1.165) is 0 Å². The smallest absolute Gasteiger partial charge is 0.256 e. The zero-order valence-electron chi connectivity index (χ0n) is 20.0. The summed E-state index contributed by atoms with van der Waals surface area (Å²) >= 11 is 0. The number of ether oxygens (including phenoxy) is 1. The molecule has 1 atom stereocenters. The number of nitrogens with zero attached hydrogens (tertiary/aromatic N) is 2. The molecule has 2 saturated heterocycles. The van der Waals surface area contributed by atoms with Crippen LogP contribution >= 0.6 is 0 Å². The monoisotopic (exact) mass is 443 g/mol. The van der Waals surface area contributed by atoms with Gasteiger partial charge in [-0.25, -0.2) is 0 Å². The summed E-state index contributed by atoms with van der Waals surface area (Å²) in [6, 6.07) is 8.34. The molecule has 0 aromatic heterocycles. The Hall–Kier alpha value is -2.41. The van der Waals surface area contributed by atoms with E-state index in [4.69, 9.17) is 4.74 Å². The Morgan fingerprint density at radius 2 is 1.75 bits per heavy atom. The molecule has 1 aromatic carbocycles. The van der Waals surface area contributed by atoms with Crippen LogP contribution in [0.5, 0.6) is 0 Å². The SMILES string of the molecule is CC(C)CNC(=O)[C@@H]1COC2(CCN(C(=O)CC(C)(C)C)CC2)N1C(=O)c1ccccc1. The van der Waals surface area contributed by atoms with Gasteiger partial charge < -0.3 is 15.0 Å². The van der Waals surface area contributed by atoms with Gasteiger partial charge in [0.2, 0.25) is 11.8 Å². The highest BCUT2D eigenvalue weighted by Crippen LogP contribution is 2.39. The lowest BCUT2D eigenvalue weighted by molar-refractivity contribution is -0.145. The fraction of sp³-hybridized carbons (Fsp3) is 0.640. The van der Waals surface area contributed by atoms with Crippen molar-refractivity contribution < 1.29 is 19.1 Å². The van der Waals surface area contributed by atoms with Gasteiger partial charge in [-0.2, -0.15) is 0 Å². The van der Waals surface area contributed by atoms with Crippen molar-refractivity contribution in [1.82, 2.24) is 15.1 Å². The van der Waals surface area contributed by atoms with Gasteiger partial charge in [0.05, 0.1) is 6.61 Å². The van der Waals surface area contributed by atoms with Crippen molar-refractivity contribution in [2.45, 2.75) is 65.6 Å². The van der Waals surface area contributed by atoms with Crippen molar-refractivity contribution in [3.63, 3.8) is 0 Å². The summed E-state index contributed by atoms with van der Waals surface area (Å²) in [6.07, 6.45) is 1.47. The largest absolute Gasteiger partial charge is 0.354 e. The fourth-order valence-corrected chi connectivity index (χ4v) is 4.38. The molecule has 7 nitrogen and oxygen atoms in total. The van der Waals surface area contributed by atoms with Crippen molar-refractivity contribution >= 4 is 17.7 Å². The third kappa shape index (κ3) is 5.49. The Labute approximate surface area is 191 Å². The first kappa shape index (κ1) is 24.2. The minimum Gasteiger partial charge on any atom is -0.354 e. The highest BCUT2D eigenvalue weighted by molar-refractivity contribution is 5.98. The average molecular weight is 444 g/mol. The minimum atomic E-state index is -0.870. The van der Waals surface area contributed by atoms with Gasteiger partial charge in [0.15, 0.2) is 0 Å². The number of carbonyl (C=O) groups excluding carboxylic acids is 3. The molecule has 1 N–H and O–H groups in total. The molecule has 2 aliphatic rings. The molecule has 0 unspecified atom stereocenters. The molecule has 2 heterocycles. The summed E-state index contributed by atoms with van der Waals surface area (Å²) in [5.74, 6) is 0.0384. The summed E-state index contributed by atoms with van der Waals surface area (Å²) < 4.78 is 6.21. The summed E-state index contributed by atoms with van der Waals surface area (Å²) in [7, 11) is 0. The molecule has 0 aliphatic carbocycles. The van der Waals surface area contributed by atoms with E-state index in [0.29, 0.717) is 50.4 Å². The molecule has 0 saturated carbocycles. The van der Waals surface area contributed by atoms with E-state index in [1.807, 2.05) is 36.9 Å². The zero-order valence-corrected chi connectivity index (χ0v) is 20.0. The molecule has 2 fully saturated rings. The van der Waals surface area contributed by atoms with Gasteiger partial charge in [-0.3, -0.25) is 19.3 Å². The van der Waals surface area contributed by atoms with Crippen LogP contribution in [0, 0.1) is 11.3 Å². The van der Waals surface area contributed by atoms with E-state index in [2.05, 4.69) is 26.1 Å². The van der Waals surface area contributed by atoms with Crippen LogP contribution in [0.15, 0.2) is 30.3 Å². The fourth-order valence-electron chi connectivity index (χ4n) is 4.38. The normalized spacial score (nSPS) is 20.6. The Kier molecular flexibility index (Phi) is 7.28. The maximum atomic E-state index is 13.6. The van der Waals surface area contributed by atoms with Gasteiger partial charge in [-0.05, 0) is 23.5 Å². The summed E-state index contributed by atoms with van der Waals surface area (Å²) in [5.41, 5.74) is -0.415. The van der Waals surface area contributed by atoms with Crippen LogP contribution in [0.25, 0.3) is 0 Å². The number of hydrogen-bond acceptors (Lipinski definition) is 4. The first-order valence-corrected chi connectivity index (χ1v) is 11.6. The summed E-state index contributed by atoms with van der Waals surface area (Å²) in [6.45, 7) is 11.9. The molecule has 3 rings (SSSR count). The van der Waals surface area contributed by atoms with Crippen LogP contribution < -0.4 is 5.32 Å². The lowest BCUT2D eigenvalue weighted by Crippen LogP contribution is -2.60. The maximum Gasteiger partial charge on any atom is 0.256 e. The molecule has 32 heavy (non-hydrogen) atoms. The van der Waals surface area contributed by atoms with Gasteiger partial charge in [0.1, 0.15) is 11.8 Å². The Bertz CT molecular complexity index is 823. The zero-order chi connectivity index (χ0) is 23.5. The molecule has 0 radical (unpaired) electrons. The van der Waals surface area contributed by atoms with E-state index < -0.39 is 11.8 Å². The molecule has 176 valence electrons. The van der Waals surface area contributed by atoms with Crippen molar-refractivity contribution in [1.29, 1.82) is 0 Å². The molecular formula is C25H37N3O4. The molecule has 1 aromatic rings. The lowest BCUT2D eigenvalue weighted by Gasteiger charge is -2.44. The van der Waals surface area contributed by atoms with Crippen LogP contribution in [-0.4, -0.2) is 65.5 Å². The number of nitrogens with one attached hydrogen (secondary N) is 1. The van der Waals surface area contributed by atoms with Gasteiger partial charge >= 0.3 is 0 Å². The Balaban J connectivity index is 1.81. The van der Waals surface area contributed by atoms with E-state index in [1.165, 1.54) is 0 Å². The van der Waals surface area contributed by atoms with Crippen LogP contribution in [0.1, 0.15) is 64.2 Å². The highest BCUT2D eigenvalue weighted by atomic mass is 16.5. The van der Waals surface area contributed by atoms with Crippen LogP contribution in [0.4, 0.5) is 0 Å². The Morgan fingerprint density at radius 3 is 2.31 bits per heavy atom. The molecule has 1 spiro atoms. The third-order valence-corrected chi connectivity index (χ3v) is 6.07. The van der Waals surface area contributed by atoms with E-state index in [9.17, 15) is 14.4 Å². The predicted octanol–water partition coefficient (Wildman–Crippen LogP) is 3.05. The number of likely N-dealkylation sites (tertiary alicyclic amines) is 1. The van der Waals surface area contributed by atoms with Crippen LogP contribution in [0.2, 0.25) is 0 Å². The van der Waals surface area contributed by atoms with Crippen LogP contribution in [0.3, 0.4) is 0 Å². The maximum absolute atomic E-state index is 13.6. The number of benzene rings is 1. The summed E-state index contributed by atoms with van der Waals surface area (Å²) in [5, 5.41) is 2.96. The molecule has 2 aliphatic heterocycles. The Morgan fingerprint density at radius 1 is 1.12 bits per heavy atom. The number of carbonyl (C=O) groups is 3. The topological polar surface area (TPSA) is 79.0 Å². The molecule has 0 bridgehead atoms. The second-order valence-corrected chi connectivity index (χ2v) is 10.6. The minimum absolute atomic E-state index is 0.0784. The second kappa shape index (κ2) is 9.61. The lowest BCUT2D eigenvalue weighted by atomic mass is 9.90. The molecule has 7 heteroatoms. The second-order valence-electron chi connectivity index (χ2n) is 10.6. The van der Waals surface area contributed by atoms with E-state index in [1.54, 1.807) is 17.0 Å². The quantitative estimate of drug-likeness (QED) is 0.759. The van der Waals surface area contributed by atoms with Crippen LogP contribution in [-0.2, 0) is 14.3 Å². The first-order valence-electron chi connectivity index (χ1n) is 11.6.